The summed E-state index contributed by atoms with van der Waals surface area (Å²) in [5.74, 6) is 0.855. The zero-order valence-corrected chi connectivity index (χ0v) is 22.0. The number of hydrogen-bond acceptors (Lipinski definition) is 4. The van der Waals surface area contributed by atoms with Crippen molar-refractivity contribution in [1.29, 1.82) is 0 Å². The molecule has 1 fully saturated rings. The molecule has 0 bridgehead atoms. The van der Waals surface area contributed by atoms with Crippen LogP contribution in [0.15, 0.2) is 48.5 Å². The van der Waals surface area contributed by atoms with Crippen molar-refractivity contribution in [3.05, 3.63) is 75.0 Å². The van der Waals surface area contributed by atoms with E-state index in [1.807, 2.05) is 47.2 Å². The van der Waals surface area contributed by atoms with Crippen LogP contribution in [-0.2, 0) is 5.54 Å². The third-order valence-electron chi connectivity index (χ3n) is 6.43. The Balaban J connectivity index is 1.74. The predicted octanol–water partition coefficient (Wildman–Crippen LogP) is 8.21. The van der Waals surface area contributed by atoms with E-state index in [2.05, 4.69) is 47.7 Å². The number of anilines is 1. The first-order valence-electron chi connectivity index (χ1n) is 11.6. The molecular formula is C26H30Cl3N5. The SMILES string of the molecule is CC(C)(C)[C@H](/C=C/c1ccc(Cl)cc1Cl)n1nnnc1C1(Nc2ccc(Cl)cc2)CCCCC1. The van der Waals surface area contributed by atoms with Crippen molar-refractivity contribution in [2.75, 3.05) is 5.32 Å². The van der Waals surface area contributed by atoms with Gasteiger partial charge >= 0.3 is 0 Å². The van der Waals surface area contributed by atoms with Gasteiger partial charge in [0.05, 0.1) is 11.6 Å². The fourth-order valence-electron chi connectivity index (χ4n) is 4.63. The molecule has 34 heavy (non-hydrogen) atoms. The van der Waals surface area contributed by atoms with Crippen molar-refractivity contribution in [3.8, 4) is 0 Å². The summed E-state index contributed by atoms with van der Waals surface area (Å²) in [6, 6.07) is 13.3. The number of nitrogens with one attached hydrogen (secondary N) is 1. The number of hydrogen-bond donors (Lipinski definition) is 1. The van der Waals surface area contributed by atoms with Crippen molar-refractivity contribution in [1.82, 2.24) is 20.2 Å². The van der Waals surface area contributed by atoms with Gasteiger partial charge in [0.25, 0.3) is 0 Å². The predicted molar refractivity (Wildman–Crippen MR) is 142 cm³/mol. The summed E-state index contributed by atoms with van der Waals surface area (Å²) in [5, 5.41) is 18.9. The van der Waals surface area contributed by atoms with Gasteiger partial charge in [-0.1, -0.05) is 93.1 Å². The summed E-state index contributed by atoms with van der Waals surface area (Å²) in [5.41, 5.74) is 1.42. The van der Waals surface area contributed by atoms with E-state index < -0.39 is 0 Å². The Hall–Kier alpha value is -2.08. The van der Waals surface area contributed by atoms with E-state index in [0.29, 0.717) is 15.1 Å². The fraction of sp³-hybridized carbons (Fsp3) is 0.423. The van der Waals surface area contributed by atoms with E-state index >= 15 is 0 Å². The summed E-state index contributed by atoms with van der Waals surface area (Å²) in [7, 11) is 0. The average molecular weight is 519 g/mol. The Labute approximate surface area is 216 Å². The van der Waals surface area contributed by atoms with Crippen LogP contribution < -0.4 is 5.32 Å². The van der Waals surface area contributed by atoms with Crippen LogP contribution in [0.1, 0.15) is 70.3 Å². The van der Waals surface area contributed by atoms with Crippen LogP contribution in [-0.4, -0.2) is 20.2 Å². The van der Waals surface area contributed by atoms with Crippen LogP contribution in [0, 0.1) is 5.41 Å². The molecule has 1 saturated carbocycles. The number of tetrazole rings is 1. The molecule has 1 aromatic heterocycles. The number of benzene rings is 2. The summed E-state index contributed by atoms with van der Waals surface area (Å²) in [6.07, 6.45) is 9.52. The lowest BCUT2D eigenvalue weighted by Crippen LogP contribution is -2.42. The Bertz CT molecular complexity index is 1140. The summed E-state index contributed by atoms with van der Waals surface area (Å²) >= 11 is 18.6. The lowest BCUT2D eigenvalue weighted by molar-refractivity contribution is 0.237. The van der Waals surface area contributed by atoms with Gasteiger partial charge in [0.2, 0.25) is 0 Å². The molecule has 1 aliphatic carbocycles. The lowest BCUT2D eigenvalue weighted by Gasteiger charge is -2.39. The molecule has 1 aliphatic rings. The quantitative estimate of drug-likeness (QED) is 0.357. The molecule has 2 aromatic carbocycles. The second kappa shape index (κ2) is 10.3. The van der Waals surface area contributed by atoms with E-state index in [1.54, 1.807) is 6.07 Å². The number of aromatic nitrogens is 4. The third-order valence-corrected chi connectivity index (χ3v) is 7.24. The normalized spacial score (nSPS) is 17.1. The molecule has 0 unspecified atom stereocenters. The van der Waals surface area contributed by atoms with Crippen LogP contribution in [0.2, 0.25) is 15.1 Å². The molecule has 1 heterocycles. The molecule has 0 saturated heterocycles. The van der Waals surface area contributed by atoms with Crippen molar-refractivity contribution in [2.24, 2.45) is 5.41 Å². The Morgan fingerprint density at radius 3 is 2.29 bits per heavy atom. The third kappa shape index (κ3) is 5.59. The Kier molecular flexibility index (Phi) is 7.56. The highest BCUT2D eigenvalue weighted by molar-refractivity contribution is 6.35. The van der Waals surface area contributed by atoms with Gasteiger partial charge in [-0.05, 0) is 70.6 Å². The van der Waals surface area contributed by atoms with Gasteiger partial charge in [-0.3, -0.25) is 0 Å². The first-order valence-corrected chi connectivity index (χ1v) is 12.8. The first kappa shape index (κ1) is 25.0. The van der Waals surface area contributed by atoms with E-state index in [4.69, 9.17) is 34.8 Å². The van der Waals surface area contributed by atoms with Crippen molar-refractivity contribution < 1.29 is 0 Å². The maximum atomic E-state index is 6.43. The van der Waals surface area contributed by atoms with Crippen LogP contribution in [0.3, 0.4) is 0 Å². The van der Waals surface area contributed by atoms with Gasteiger partial charge < -0.3 is 5.32 Å². The number of nitrogens with zero attached hydrogens (tertiary/aromatic N) is 4. The highest BCUT2D eigenvalue weighted by Crippen LogP contribution is 2.42. The van der Waals surface area contributed by atoms with Gasteiger partial charge in [0, 0.05) is 20.8 Å². The molecular weight excluding hydrogens is 489 g/mol. The molecule has 0 aliphatic heterocycles. The monoisotopic (exact) mass is 517 g/mol. The maximum Gasteiger partial charge on any atom is 0.177 e. The fourth-order valence-corrected chi connectivity index (χ4v) is 5.23. The molecule has 3 aromatic rings. The minimum Gasteiger partial charge on any atom is -0.373 e. The number of halogens is 3. The van der Waals surface area contributed by atoms with Crippen molar-refractivity contribution in [2.45, 2.75) is 64.5 Å². The Morgan fingerprint density at radius 1 is 0.971 bits per heavy atom. The number of rotatable bonds is 6. The zero-order valence-electron chi connectivity index (χ0n) is 19.7. The van der Waals surface area contributed by atoms with E-state index in [1.165, 1.54) is 6.42 Å². The van der Waals surface area contributed by atoms with Crippen molar-refractivity contribution >= 4 is 46.6 Å². The molecule has 1 N–H and O–H groups in total. The molecule has 1 atom stereocenters. The van der Waals surface area contributed by atoms with Gasteiger partial charge in [0.15, 0.2) is 5.82 Å². The van der Waals surface area contributed by atoms with Crippen LogP contribution >= 0.6 is 34.8 Å². The minimum absolute atomic E-state index is 0.0879. The van der Waals surface area contributed by atoms with Gasteiger partial charge in [0.1, 0.15) is 0 Å². The summed E-state index contributed by atoms with van der Waals surface area (Å²) in [6.45, 7) is 6.57. The van der Waals surface area contributed by atoms with E-state index in [9.17, 15) is 0 Å². The first-order chi connectivity index (χ1) is 16.2. The lowest BCUT2D eigenvalue weighted by atomic mass is 9.79. The highest BCUT2D eigenvalue weighted by atomic mass is 35.5. The molecule has 180 valence electrons. The van der Waals surface area contributed by atoms with Crippen molar-refractivity contribution in [3.63, 3.8) is 0 Å². The maximum absolute atomic E-state index is 6.43. The highest BCUT2D eigenvalue weighted by Gasteiger charge is 2.41. The standard InChI is InChI=1S/C26H30Cl3N5/c1-25(2,3)23(14-8-18-7-9-20(28)17-22(18)29)34-24(31-32-33-34)26(15-5-4-6-16-26)30-21-12-10-19(27)11-13-21/h7-14,17,23,30H,4-6,15-16H2,1-3H3/b14-8+/t23-/m0/s1. The van der Waals surface area contributed by atoms with E-state index in [0.717, 1.165) is 42.8 Å². The summed E-state index contributed by atoms with van der Waals surface area (Å²) in [4.78, 5) is 0. The smallest absolute Gasteiger partial charge is 0.177 e. The molecule has 0 spiro atoms. The molecule has 8 heteroatoms. The topological polar surface area (TPSA) is 55.6 Å². The second-order valence-corrected chi connectivity index (χ2v) is 11.3. The molecule has 4 rings (SSSR count). The molecule has 0 radical (unpaired) electrons. The summed E-state index contributed by atoms with van der Waals surface area (Å²) < 4.78 is 1.98. The largest absolute Gasteiger partial charge is 0.373 e. The van der Waals surface area contributed by atoms with Gasteiger partial charge in [-0.15, -0.1) is 5.10 Å². The van der Waals surface area contributed by atoms with E-state index in [-0.39, 0.29) is 17.0 Å². The van der Waals surface area contributed by atoms with Gasteiger partial charge in [-0.25, -0.2) is 4.68 Å². The molecule has 5 nitrogen and oxygen atoms in total. The van der Waals surface area contributed by atoms with Crippen LogP contribution in [0.4, 0.5) is 5.69 Å². The Morgan fingerprint density at radius 2 is 1.65 bits per heavy atom. The van der Waals surface area contributed by atoms with Gasteiger partial charge in [-0.2, -0.15) is 0 Å². The van der Waals surface area contributed by atoms with Crippen LogP contribution in [0.5, 0.6) is 0 Å². The zero-order chi connectivity index (χ0) is 24.3. The van der Waals surface area contributed by atoms with Crippen LogP contribution in [0.25, 0.3) is 6.08 Å². The minimum atomic E-state index is -0.356. The number of allylic oxidation sites excluding steroid dienone is 1. The second-order valence-electron chi connectivity index (χ2n) is 10.1. The molecule has 0 amide bonds. The average Bonchev–Trinajstić information content (AvgIpc) is 3.27.